The van der Waals surface area contributed by atoms with Gasteiger partial charge < -0.3 is 10.1 Å². The Kier molecular flexibility index (Phi) is 5.40. The molecular weight excluding hydrogens is 332 g/mol. The zero-order valence-corrected chi connectivity index (χ0v) is 14.1. The molecule has 1 atom stereocenters. The summed E-state index contributed by atoms with van der Waals surface area (Å²) in [6, 6.07) is 13.3. The Morgan fingerprint density at radius 1 is 1.17 bits per heavy atom. The van der Waals surface area contributed by atoms with Crippen LogP contribution in [0.25, 0.3) is 0 Å². The number of ether oxygens (including phenoxy) is 1. The van der Waals surface area contributed by atoms with Gasteiger partial charge in [0.05, 0.1) is 11.5 Å². The Balaban J connectivity index is 2.16. The summed E-state index contributed by atoms with van der Waals surface area (Å²) in [7, 11) is -3.70. The van der Waals surface area contributed by atoms with Crippen molar-refractivity contribution in [1.82, 2.24) is 0 Å². The molecule has 0 spiro atoms. The van der Waals surface area contributed by atoms with E-state index in [9.17, 15) is 18.5 Å². The summed E-state index contributed by atoms with van der Waals surface area (Å²) in [6.07, 6.45) is 0.675. The number of hydrogen-bond acceptors (Lipinski definition) is 6. The molecule has 1 unspecified atom stereocenters. The number of nitrogens with one attached hydrogen (secondary N) is 1. The van der Waals surface area contributed by atoms with Crippen LogP contribution in [0.4, 0.5) is 11.4 Å². The standard InChI is InChI=1S/C16H18N2O5S/c1-12(23-13-7-4-3-5-8-13)11-17-14-9-6-10-15(24(2,21)22)16(14)18(19)20/h3-10,12,17H,11H2,1-2H3. The third-order valence-electron chi connectivity index (χ3n) is 3.24. The summed E-state index contributed by atoms with van der Waals surface area (Å²) in [6.45, 7) is 2.09. The first kappa shape index (κ1) is 17.7. The van der Waals surface area contributed by atoms with Crippen LogP contribution in [0.3, 0.4) is 0 Å². The van der Waals surface area contributed by atoms with Crippen LogP contribution in [-0.4, -0.2) is 32.2 Å². The maximum atomic E-state index is 11.7. The van der Waals surface area contributed by atoms with Crippen LogP contribution in [0.1, 0.15) is 6.92 Å². The summed E-state index contributed by atoms with van der Waals surface area (Å²) in [5.74, 6) is 0.686. The van der Waals surface area contributed by atoms with E-state index in [0.717, 1.165) is 6.26 Å². The molecule has 0 aliphatic carbocycles. The van der Waals surface area contributed by atoms with Gasteiger partial charge in [-0.3, -0.25) is 10.1 Å². The second kappa shape index (κ2) is 7.31. The van der Waals surface area contributed by atoms with Crippen LogP contribution < -0.4 is 10.1 Å². The van der Waals surface area contributed by atoms with Gasteiger partial charge >= 0.3 is 5.69 Å². The van der Waals surface area contributed by atoms with Gasteiger partial charge in [-0.05, 0) is 31.2 Å². The molecule has 7 nitrogen and oxygen atoms in total. The first-order valence-corrected chi connectivity index (χ1v) is 9.11. The minimum Gasteiger partial charge on any atom is -0.489 e. The average molecular weight is 350 g/mol. The number of nitro benzene ring substituents is 1. The van der Waals surface area contributed by atoms with Crippen molar-refractivity contribution < 1.29 is 18.1 Å². The minimum atomic E-state index is -3.70. The van der Waals surface area contributed by atoms with E-state index in [-0.39, 0.29) is 23.2 Å². The second-order valence-corrected chi connectivity index (χ2v) is 7.29. The molecule has 2 aromatic rings. The Labute approximate surface area is 140 Å². The lowest BCUT2D eigenvalue weighted by Gasteiger charge is -2.16. The monoisotopic (exact) mass is 350 g/mol. The van der Waals surface area contributed by atoms with Crippen molar-refractivity contribution in [3.63, 3.8) is 0 Å². The van der Waals surface area contributed by atoms with E-state index in [4.69, 9.17) is 4.74 Å². The van der Waals surface area contributed by atoms with E-state index in [1.807, 2.05) is 37.3 Å². The van der Waals surface area contributed by atoms with Gasteiger partial charge in [0, 0.05) is 6.26 Å². The largest absolute Gasteiger partial charge is 0.489 e. The number of rotatable bonds is 7. The van der Waals surface area contributed by atoms with Crippen LogP contribution in [0, 0.1) is 10.1 Å². The number of sulfone groups is 1. The molecule has 0 aliphatic heterocycles. The van der Waals surface area contributed by atoms with E-state index in [2.05, 4.69) is 5.32 Å². The Bertz CT molecular complexity index is 822. The molecule has 0 heterocycles. The average Bonchev–Trinajstić information content (AvgIpc) is 2.52. The molecule has 0 saturated heterocycles. The summed E-state index contributed by atoms with van der Waals surface area (Å²) in [4.78, 5) is 10.3. The van der Waals surface area contributed by atoms with Crippen molar-refractivity contribution >= 4 is 21.2 Å². The normalized spacial score (nSPS) is 12.4. The maximum absolute atomic E-state index is 11.7. The lowest BCUT2D eigenvalue weighted by atomic mass is 10.2. The van der Waals surface area contributed by atoms with Gasteiger partial charge in [0.15, 0.2) is 9.84 Å². The quantitative estimate of drug-likeness (QED) is 0.609. The zero-order valence-electron chi connectivity index (χ0n) is 13.3. The topological polar surface area (TPSA) is 98.5 Å². The molecule has 128 valence electrons. The number of nitrogens with zero attached hydrogens (tertiary/aromatic N) is 1. The number of benzene rings is 2. The van der Waals surface area contributed by atoms with Crippen LogP contribution in [0.15, 0.2) is 53.4 Å². The molecule has 0 bridgehead atoms. The molecule has 2 aromatic carbocycles. The molecule has 8 heteroatoms. The summed E-state index contributed by atoms with van der Waals surface area (Å²) >= 11 is 0. The van der Waals surface area contributed by atoms with Gasteiger partial charge in [-0.1, -0.05) is 24.3 Å². The molecule has 1 N–H and O–H groups in total. The fraction of sp³-hybridized carbons (Fsp3) is 0.250. The second-order valence-electron chi connectivity index (χ2n) is 5.30. The first-order chi connectivity index (χ1) is 11.3. The van der Waals surface area contributed by atoms with E-state index in [0.29, 0.717) is 5.75 Å². The smallest absolute Gasteiger partial charge is 0.310 e. The van der Waals surface area contributed by atoms with Gasteiger partial charge in [0.1, 0.15) is 22.4 Å². The fourth-order valence-electron chi connectivity index (χ4n) is 2.18. The van der Waals surface area contributed by atoms with E-state index in [1.165, 1.54) is 18.2 Å². The molecule has 0 aromatic heterocycles. The third kappa shape index (κ3) is 4.45. The van der Waals surface area contributed by atoms with Gasteiger partial charge in [0.2, 0.25) is 0 Å². The zero-order chi connectivity index (χ0) is 17.7. The Morgan fingerprint density at radius 2 is 1.83 bits per heavy atom. The highest BCUT2D eigenvalue weighted by molar-refractivity contribution is 7.90. The molecular formula is C16H18N2O5S. The highest BCUT2D eigenvalue weighted by Gasteiger charge is 2.26. The van der Waals surface area contributed by atoms with Crippen LogP contribution in [0.2, 0.25) is 0 Å². The number of anilines is 1. The first-order valence-electron chi connectivity index (χ1n) is 7.22. The Morgan fingerprint density at radius 3 is 2.42 bits per heavy atom. The van der Waals surface area contributed by atoms with Crippen LogP contribution >= 0.6 is 0 Å². The van der Waals surface area contributed by atoms with Crippen molar-refractivity contribution in [2.45, 2.75) is 17.9 Å². The van der Waals surface area contributed by atoms with Gasteiger partial charge in [-0.25, -0.2) is 8.42 Å². The molecule has 2 rings (SSSR count). The maximum Gasteiger partial charge on any atom is 0.310 e. The van der Waals surface area contributed by atoms with Crippen molar-refractivity contribution in [3.8, 4) is 5.75 Å². The molecule has 0 radical (unpaired) electrons. The van der Waals surface area contributed by atoms with Crippen molar-refractivity contribution in [1.29, 1.82) is 0 Å². The molecule has 24 heavy (non-hydrogen) atoms. The molecule has 0 fully saturated rings. The van der Waals surface area contributed by atoms with Crippen molar-refractivity contribution in [3.05, 3.63) is 58.6 Å². The van der Waals surface area contributed by atoms with E-state index in [1.54, 1.807) is 0 Å². The van der Waals surface area contributed by atoms with Gasteiger partial charge in [0.25, 0.3) is 0 Å². The summed E-state index contributed by atoms with van der Waals surface area (Å²) in [5, 5.41) is 14.2. The van der Waals surface area contributed by atoms with E-state index >= 15 is 0 Å². The number of hydrogen-bond donors (Lipinski definition) is 1. The lowest BCUT2D eigenvalue weighted by molar-refractivity contribution is -0.386. The van der Waals surface area contributed by atoms with Crippen LogP contribution in [0.5, 0.6) is 5.75 Å². The van der Waals surface area contributed by atoms with Gasteiger partial charge in [-0.2, -0.15) is 0 Å². The highest BCUT2D eigenvalue weighted by atomic mass is 32.2. The summed E-state index contributed by atoms with van der Waals surface area (Å²) < 4.78 is 29.1. The predicted molar refractivity (Wildman–Crippen MR) is 91.2 cm³/mol. The Hall–Kier alpha value is -2.61. The van der Waals surface area contributed by atoms with Crippen molar-refractivity contribution in [2.24, 2.45) is 0 Å². The van der Waals surface area contributed by atoms with Gasteiger partial charge in [-0.15, -0.1) is 0 Å². The minimum absolute atomic E-state index is 0.145. The van der Waals surface area contributed by atoms with Crippen molar-refractivity contribution in [2.75, 3.05) is 18.1 Å². The van der Waals surface area contributed by atoms with Crippen LogP contribution in [-0.2, 0) is 9.84 Å². The highest BCUT2D eigenvalue weighted by Crippen LogP contribution is 2.31. The predicted octanol–water partition coefficient (Wildman–Crippen LogP) is 2.88. The number of nitro groups is 1. The molecule has 0 aliphatic rings. The number of para-hydroxylation sites is 2. The summed E-state index contributed by atoms with van der Waals surface area (Å²) in [5.41, 5.74) is -0.307. The lowest BCUT2D eigenvalue weighted by Crippen LogP contribution is -2.23. The SMILES string of the molecule is CC(CNc1cccc(S(C)(=O)=O)c1[N+](=O)[O-])Oc1ccccc1. The molecule has 0 amide bonds. The van der Waals surface area contributed by atoms with E-state index < -0.39 is 20.4 Å². The third-order valence-corrected chi connectivity index (χ3v) is 4.37. The molecule has 0 saturated carbocycles. The fourth-order valence-corrected chi connectivity index (χ4v) is 3.04.